The lowest BCUT2D eigenvalue weighted by Crippen LogP contribution is -2.24. The van der Waals surface area contributed by atoms with Gasteiger partial charge in [-0.2, -0.15) is 0 Å². The summed E-state index contributed by atoms with van der Waals surface area (Å²) in [5, 5.41) is 19.2. The van der Waals surface area contributed by atoms with Crippen LogP contribution in [0.5, 0.6) is 0 Å². The third-order valence-electron chi connectivity index (χ3n) is 4.62. The van der Waals surface area contributed by atoms with Crippen LogP contribution in [-0.2, 0) is 11.2 Å². The van der Waals surface area contributed by atoms with Crippen molar-refractivity contribution in [3.8, 4) is 0 Å². The fraction of sp³-hybridized carbons (Fsp3) is 0.588. The Labute approximate surface area is 126 Å². The van der Waals surface area contributed by atoms with Gasteiger partial charge in [0.25, 0.3) is 0 Å². The molecule has 1 saturated carbocycles. The summed E-state index contributed by atoms with van der Waals surface area (Å²) in [6.07, 6.45) is 4.53. The zero-order chi connectivity index (χ0) is 15.2. The number of aliphatic hydroxyl groups excluding tert-OH is 1. The SMILES string of the molecule is NCC1CCC(C(O)c2ccc(CCC(=O)O)cc2)CC1. The quantitative estimate of drug-likeness (QED) is 0.752. The molecular formula is C17H25NO3. The summed E-state index contributed by atoms with van der Waals surface area (Å²) in [7, 11) is 0. The van der Waals surface area contributed by atoms with Crippen LogP contribution < -0.4 is 5.73 Å². The van der Waals surface area contributed by atoms with E-state index in [4.69, 9.17) is 10.8 Å². The number of carbonyl (C=O) groups is 1. The highest BCUT2D eigenvalue weighted by atomic mass is 16.4. The molecule has 0 radical (unpaired) electrons. The summed E-state index contributed by atoms with van der Waals surface area (Å²) >= 11 is 0. The summed E-state index contributed by atoms with van der Waals surface area (Å²) in [4.78, 5) is 10.6. The average Bonchev–Trinajstić information content (AvgIpc) is 2.53. The van der Waals surface area contributed by atoms with E-state index in [0.29, 0.717) is 18.3 Å². The van der Waals surface area contributed by atoms with Crippen molar-refractivity contribution < 1.29 is 15.0 Å². The van der Waals surface area contributed by atoms with E-state index in [-0.39, 0.29) is 6.42 Å². The highest BCUT2D eigenvalue weighted by molar-refractivity contribution is 5.67. The molecule has 1 atom stereocenters. The Morgan fingerprint density at radius 3 is 2.33 bits per heavy atom. The Bertz CT molecular complexity index is 450. The molecule has 1 aliphatic rings. The normalized spacial score (nSPS) is 23.7. The summed E-state index contributed by atoms with van der Waals surface area (Å²) in [5.74, 6) is 0.153. The van der Waals surface area contributed by atoms with Crippen molar-refractivity contribution in [1.82, 2.24) is 0 Å². The zero-order valence-electron chi connectivity index (χ0n) is 12.4. The molecule has 1 unspecified atom stereocenters. The number of carboxylic acids is 1. The molecule has 116 valence electrons. The summed E-state index contributed by atoms with van der Waals surface area (Å²) in [6.45, 7) is 0.751. The van der Waals surface area contributed by atoms with Crippen molar-refractivity contribution in [2.24, 2.45) is 17.6 Å². The van der Waals surface area contributed by atoms with Crippen LogP contribution in [0.3, 0.4) is 0 Å². The van der Waals surface area contributed by atoms with E-state index in [2.05, 4.69) is 0 Å². The van der Waals surface area contributed by atoms with Crippen LogP contribution in [0.1, 0.15) is 49.3 Å². The number of nitrogens with two attached hydrogens (primary N) is 1. The molecule has 0 saturated heterocycles. The number of hydrogen-bond acceptors (Lipinski definition) is 3. The number of aliphatic hydroxyl groups is 1. The minimum absolute atomic E-state index is 0.144. The minimum atomic E-state index is -0.782. The molecule has 0 bridgehead atoms. The monoisotopic (exact) mass is 291 g/mol. The molecule has 1 aromatic rings. The Morgan fingerprint density at radius 1 is 1.19 bits per heavy atom. The maximum Gasteiger partial charge on any atom is 0.303 e. The first kappa shape index (κ1) is 16.0. The van der Waals surface area contributed by atoms with Gasteiger partial charge in [-0.05, 0) is 61.6 Å². The maximum absolute atomic E-state index is 10.6. The molecule has 1 aliphatic carbocycles. The van der Waals surface area contributed by atoms with Gasteiger partial charge in [-0.15, -0.1) is 0 Å². The summed E-state index contributed by atoms with van der Waals surface area (Å²) in [5.41, 5.74) is 7.63. The molecule has 0 aliphatic heterocycles. The largest absolute Gasteiger partial charge is 0.481 e. The van der Waals surface area contributed by atoms with Gasteiger partial charge in [0.05, 0.1) is 6.10 Å². The van der Waals surface area contributed by atoms with E-state index in [0.717, 1.165) is 43.4 Å². The molecule has 1 fully saturated rings. The van der Waals surface area contributed by atoms with Crippen LogP contribution in [0.2, 0.25) is 0 Å². The van der Waals surface area contributed by atoms with Gasteiger partial charge in [0.2, 0.25) is 0 Å². The predicted molar refractivity (Wildman–Crippen MR) is 81.9 cm³/mol. The maximum atomic E-state index is 10.6. The molecule has 4 N–H and O–H groups in total. The molecule has 0 spiro atoms. The third-order valence-corrected chi connectivity index (χ3v) is 4.62. The van der Waals surface area contributed by atoms with Crippen molar-refractivity contribution in [2.45, 2.75) is 44.6 Å². The zero-order valence-corrected chi connectivity index (χ0v) is 12.4. The molecule has 1 aromatic carbocycles. The van der Waals surface area contributed by atoms with Crippen LogP contribution in [-0.4, -0.2) is 22.7 Å². The highest BCUT2D eigenvalue weighted by Crippen LogP contribution is 2.36. The van der Waals surface area contributed by atoms with Crippen LogP contribution in [0, 0.1) is 11.8 Å². The molecule has 0 aromatic heterocycles. The summed E-state index contributed by atoms with van der Waals surface area (Å²) in [6, 6.07) is 7.70. The van der Waals surface area contributed by atoms with Gasteiger partial charge in [0.1, 0.15) is 0 Å². The van der Waals surface area contributed by atoms with E-state index >= 15 is 0 Å². The van der Waals surface area contributed by atoms with E-state index < -0.39 is 12.1 Å². The number of rotatable bonds is 6. The van der Waals surface area contributed by atoms with Gasteiger partial charge < -0.3 is 15.9 Å². The number of benzene rings is 1. The molecule has 4 nitrogen and oxygen atoms in total. The number of hydrogen-bond donors (Lipinski definition) is 3. The van der Waals surface area contributed by atoms with Crippen LogP contribution in [0.15, 0.2) is 24.3 Å². The van der Waals surface area contributed by atoms with Gasteiger partial charge in [-0.3, -0.25) is 4.79 Å². The van der Waals surface area contributed by atoms with E-state index in [1.807, 2.05) is 24.3 Å². The van der Waals surface area contributed by atoms with Crippen molar-refractivity contribution in [2.75, 3.05) is 6.54 Å². The summed E-state index contributed by atoms with van der Waals surface area (Å²) < 4.78 is 0. The lowest BCUT2D eigenvalue weighted by atomic mass is 9.78. The van der Waals surface area contributed by atoms with Crippen molar-refractivity contribution >= 4 is 5.97 Å². The van der Waals surface area contributed by atoms with Gasteiger partial charge >= 0.3 is 5.97 Å². The lowest BCUT2D eigenvalue weighted by Gasteiger charge is -2.31. The van der Waals surface area contributed by atoms with Crippen molar-refractivity contribution in [3.05, 3.63) is 35.4 Å². The topological polar surface area (TPSA) is 83.5 Å². The fourth-order valence-electron chi connectivity index (χ4n) is 3.14. The molecule has 4 heteroatoms. The third kappa shape index (κ3) is 4.55. The Balaban J connectivity index is 1.90. The van der Waals surface area contributed by atoms with Crippen molar-refractivity contribution in [3.63, 3.8) is 0 Å². The average molecular weight is 291 g/mol. The second-order valence-electron chi connectivity index (χ2n) is 6.10. The fourth-order valence-corrected chi connectivity index (χ4v) is 3.14. The number of carboxylic acid groups (broad SMARTS) is 1. The highest BCUT2D eigenvalue weighted by Gasteiger charge is 2.26. The van der Waals surface area contributed by atoms with Crippen LogP contribution in [0.25, 0.3) is 0 Å². The van der Waals surface area contributed by atoms with Gasteiger partial charge in [-0.1, -0.05) is 24.3 Å². The molecule has 21 heavy (non-hydrogen) atoms. The number of aliphatic carboxylic acids is 1. The molecule has 0 amide bonds. The van der Waals surface area contributed by atoms with E-state index in [1.165, 1.54) is 0 Å². The van der Waals surface area contributed by atoms with E-state index in [1.54, 1.807) is 0 Å². The Morgan fingerprint density at radius 2 is 1.81 bits per heavy atom. The molecule has 2 rings (SSSR count). The first-order valence-electron chi connectivity index (χ1n) is 7.79. The van der Waals surface area contributed by atoms with Crippen molar-refractivity contribution in [1.29, 1.82) is 0 Å². The smallest absolute Gasteiger partial charge is 0.303 e. The van der Waals surface area contributed by atoms with Crippen LogP contribution >= 0.6 is 0 Å². The molecule has 0 heterocycles. The predicted octanol–water partition coefficient (Wildman–Crippen LogP) is 2.50. The lowest BCUT2D eigenvalue weighted by molar-refractivity contribution is -0.136. The second-order valence-corrected chi connectivity index (χ2v) is 6.10. The Hall–Kier alpha value is -1.39. The van der Waals surface area contributed by atoms with Gasteiger partial charge in [0.15, 0.2) is 0 Å². The minimum Gasteiger partial charge on any atom is -0.481 e. The standard InChI is InChI=1S/C17H25NO3/c18-11-13-3-8-15(9-4-13)17(21)14-6-1-12(2-7-14)5-10-16(19)20/h1-2,6-7,13,15,17,21H,3-5,8-11,18H2,(H,19,20). The first-order valence-corrected chi connectivity index (χ1v) is 7.79. The second kappa shape index (κ2) is 7.57. The van der Waals surface area contributed by atoms with Gasteiger partial charge in [-0.25, -0.2) is 0 Å². The van der Waals surface area contributed by atoms with Crippen LogP contribution in [0.4, 0.5) is 0 Å². The number of aryl methyl sites for hydroxylation is 1. The molecular weight excluding hydrogens is 266 g/mol. The Kier molecular flexibility index (Phi) is 5.76. The first-order chi connectivity index (χ1) is 10.1. The van der Waals surface area contributed by atoms with Gasteiger partial charge in [0, 0.05) is 6.42 Å². The van der Waals surface area contributed by atoms with E-state index in [9.17, 15) is 9.90 Å².